The zero-order valence-electron chi connectivity index (χ0n) is 8.78. The van der Waals surface area contributed by atoms with Gasteiger partial charge in [-0.25, -0.2) is 0 Å². The van der Waals surface area contributed by atoms with Gasteiger partial charge in [0.2, 0.25) is 0 Å². The number of hydrogen-bond acceptors (Lipinski definition) is 3. The Balaban J connectivity index is 2.50. The summed E-state index contributed by atoms with van der Waals surface area (Å²) in [6.07, 6.45) is 0. The van der Waals surface area contributed by atoms with Gasteiger partial charge < -0.3 is 10.5 Å². The summed E-state index contributed by atoms with van der Waals surface area (Å²) in [7, 11) is 1.64. The molecule has 0 bridgehead atoms. The Morgan fingerprint density at radius 3 is 2.60 bits per heavy atom. The lowest BCUT2D eigenvalue weighted by Crippen LogP contribution is -1.91. The number of anilines is 1. The Hall–Kier alpha value is -1.48. The van der Waals surface area contributed by atoms with E-state index < -0.39 is 0 Å². The first kappa shape index (κ1) is 10.1. The number of thiophene rings is 1. The van der Waals surface area contributed by atoms with Gasteiger partial charge in [-0.05, 0) is 36.1 Å². The highest BCUT2D eigenvalue weighted by Gasteiger charge is 2.07. The van der Waals surface area contributed by atoms with Crippen LogP contribution in [0.1, 0.15) is 5.56 Å². The first-order valence-corrected chi connectivity index (χ1v) is 5.58. The summed E-state index contributed by atoms with van der Waals surface area (Å²) in [5.41, 5.74) is 9.09. The zero-order valence-corrected chi connectivity index (χ0v) is 9.60. The Morgan fingerprint density at radius 1 is 1.27 bits per heavy atom. The van der Waals surface area contributed by atoms with E-state index >= 15 is 0 Å². The average molecular weight is 219 g/mol. The maximum Gasteiger partial charge on any atom is 0.120 e. The van der Waals surface area contributed by atoms with Crippen LogP contribution in [0, 0.1) is 6.92 Å². The number of methoxy groups -OCH3 is 1. The van der Waals surface area contributed by atoms with Crippen molar-refractivity contribution < 1.29 is 4.74 Å². The molecule has 0 aliphatic carbocycles. The van der Waals surface area contributed by atoms with Gasteiger partial charge in [-0.1, -0.05) is 0 Å². The van der Waals surface area contributed by atoms with E-state index in [4.69, 9.17) is 10.5 Å². The van der Waals surface area contributed by atoms with E-state index in [0.29, 0.717) is 0 Å². The minimum Gasteiger partial charge on any atom is -0.497 e. The number of hydrogen-bond donors (Lipinski definition) is 1. The fourth-order valence-electron chi connectivity index (χ4n) is 1.52. The van der Waals surface area contributed by atoms with Gasteiger partial charge >= 0.3 is 0 Å². The molecule has 0 fully saturated rings. The summed E-state index contributed by atoms with van der Waals surface area (Å²) in [5.74, 6) is 0.797. The number of nitrogen functional groups attached to an aromatic ring is 1. The molecule has 0 radical (unpaired) electrons. The van der Waals surface area contributed by atoms with Crippen molar-refractivity contribution in [1.29, 1.82) is 0 Å². The van der Waals surface area contributed by atoms with Gasteiger partial charge in [-0.15, -0.1) is 11.3 Å². The van der Waals surface area contributed by atoms with Gasteiger partial charge in [0.1, 0.15) is 5.75 Å². The molecule has 2 N–H and O–H groups in total. The summed E-state index contributed by atoms with van der Waals surface area (Å²) in [6, 6.07) is 7.90. The van der Waals surface area contributed by atoms with Crippen LogP contribution in [-0.4, -0.2) is 7.11 Å². The molecule has 2 nitrogen and oxygen atoms in total. The summed E-state index contributed by atoms with van der Waals surface area (Å²) < 4.78 is 5.12. The molecule has 0 aliphatic rings. The van der Waals surface area contributed by atoms with Crippen molar-refractivity contribution in [2.75, 3.05) is 12.8 Å². The van der Waals surface area contributed by atoms with Gasteiger partial charge in [0.25, 0.3) is 0 Å². The van der Waals surface area contributed by atoms with Crippen molar-refractivity contribution in [2.45, 2.75) is 6.92 Å². The van der Waals surface area contributed by atoms with Crippen LogP contribution in [0.15, 0.2) is 29.6 Å². The molecule has 0 amide bonds. The summed E-state index contributed by atoms with van der Waals surface area (Å²) in [6.45, 7) is 2.09. The zero-order chi connectivity index (χ0) is 10.8. The third kappa shape index (κ3) is 1.83. The second-order valence-corrected chi connectivity index (χ2v) is 4.30. The van der Waals surface area contributed by atoms with Crippen LogP contribution >= 0.6 is 11.3 Å². The molecule has 1 aromatic heterocycles. The third-order valence-corrected chi connectivity index (χ3v) is 3.42. The van der Waals surface area contributed by atoms with E-state index in [1.54, 1.807) is 18.4 Å². The predicted molar refractivity (Wildman–Crippen MR) is 65.5 cm³/mol. The largest absolute Gasteiger partial charge is 0.497 e. The fraction of sp³-hybridized carbons (Fsp3) is 0.167. The molecular formula is C12H13NOS. The van der Waals surface area contributed by atoms with Crippen molar-refractivity contribution in [3.05, 3.63) is 35.2 Å². The number of nitrogens with two attached hydrogens (primary N) is 1. The molecule has 3 heteroatoms. The van der Waals surface area contributed by atoms with Gasteiger partial charge in [-0.3, -0.25) is 0 Å². The smallest absolute Gasteiger partial charge is 0.120 e. The highest BCUT2D eigenvalue weighted by Crippen LogP contribution is 2.34. The average Bonchev–Trinajstić information content (AvgIpc) is 2.64. The molecule has 1 aromatic carbocycles. The number of ether oxygens (including phenoxy) is 1. The molecule has 15 heavy (non-hydrogen) atoms. The quantitative estimate of drug-likeness (QED) is 0.786. The molecule has 0 aliphatic heterocycles. The topological polar surface area (TPSA) is 35.2 Å². The molecule has 0 saturated carbocycles. The molecular weight excluding hydrogens is 206 g/mol. The van der Waals surface area contributed by atoms with Crippen molar-refractivity contribution in [1.82, 2.24) is 0 Å². The highest BCUT2D eigenvalue weighted by molar-refractivity contribution is 7.13. The summed E-state index contributed by atoms with van der Waals surface area (Å²) in [4.78, 5) is 1.23. The van der Waals surface area contributed by atoms with E-state index in [-0.39, 0.29) is 0 Å². The van der Waals surface area contributed by atoms with Crippen LogP contribution in [0.25, 0.3) is 10.4 Å². The molecule has 0 atom stereocenters. The van der Waals surface area contributed by atoms with E-state index in [0.717, 1.165) is 17.0 Å². The Kier molecular flexibility index (Phi) is 2.64. The normalized spacial score (nSPS) is 10.3. The summed E-state index contributed by atoms with van der Waals surface area (Å²) >= 11 is 1.71. The van der Waals surface area contributed by atoms with Gasteiger partial charge in [0, 0.05) is 22.2 Å². The van der Waals surface area contributed by atoms with E-state index in [1.807, 2.05) is 18.2 Å². The fourth-order valence-corrected chi connectivity index (χ4v) is 2.50. The molecule has 2 rings (SSSR count). The molecule has 2 aromatic rings. The van der Waals surface area contributed by atoms with Crippen LogP contribution in [-0.2, 0) is 0 Å². The Bertz CT molecular complexity index is 476. The number of rotatable bonds is 2. The third-order valence-electron chi connectivity index (χ3n) is 2.37. The number of benzene rings is 1. The maximum absolute atomic E-state index is 5.98. The van der Waals surface area contributed by atoms with Crippen LogP contribution in [0.4, 0.5) is 5.69 Å². The van der Waals surface area contributed by atoms with E-state index in [2.05, 4.69) is 18.4 Å². The molecule has 0 unspecified atom stereocenters. The summed E-state index contributed by atoms with van der Waals surface area (Å²) in [5, 5.41) is 2.08. The Labute approximate surface area is 93.3 Å². The molecule has 1 heterocycles. The lowest BCUT2D eigenvalue weighted by molar-refractivity contribution is 0.415. The van der Waals surface area contributed by atoms with Crippen LogP contribution in [0.3, 0.4) is 0 Å². The van der Waals surface area contributed by atoms with Gasteiger partial charge in [0.05, 0.1) is 7.11 Å². The first-order valence-electron chi connectivity index (χ1n) is 4.70. The minimum atomic E-state index is 0.764. The molecule has 0 saturated heterocycles. The van der Waals surface area contributed by atoms with Crippen molar-refractivity contribution in [3.8, 4) is 16.2 Å². The van der Waals surface area contributed by atoms with Crippen molar-refractivity contribution in [2.24, 2.45) is 0 Å². The maximum atomic E-state index is 5.98. The second kappa shape index (κ2) is 3.95. The number of aryl methyl sites for hydroxylation is 1. The predicted octanol–water partition coefficient (Wildman–Crippen LogP) is 3.31. The standard InChI is InChI=1S/C12H13NOS/c1-8-5-6-15-12(8)10-4-3-9(14-2)7-11(10)13/h3-7H,13H2,1-2H3. The first-order chi connectivity index (χ1) is 7.22. The SMILES string of the molecule is COc1ccc(-c2sccc2C)c(N)c1. The minimum absolute atomic E-state index is 0.764. The molecule has 0 spiro atoms. The lowest BCUT2D eigenvalue weighted by Gasteiger charge is -2.07. The molecule has 78 valence electrons. The second-order valence-electron chi connectivity index (χ2n) is 3.39. The van der Waals surface area contributed by atoms with Crippen LogP contribution < -0.4 is 10.5 Å². The van der Waals surface area contributed by atoms with E-state index in [1.165, 1.54) is 10.4 Å². The van der Waals surface area contributed by atoms with Crippen molar-refractivity contribution in [3.63, 3.8) is 0 Å². The van der Waals surface area contributed by atoms with Crippen LogP contribution in [0.2, 0.25) is 0 Å². The monoisotopic (exact) mass is 219 g/mol. The van der Waals surface area contributed by atoms with Gasteiger partial charge in [-0.2, -0.15) is 0 Å². The highest BCUT2D eigenvalue weighted by atomic mass is 32.1. The Morgan fingerprint density at radius 2 is 2.07 bits per heavy atom. The lowest BCUT2D eigenvalue weighted by atomic mass is 10.1. The van der Waals surface area contributed by atoms with Crippen LogP contribution in [0.5, 0.6) is 5.75 Å². The van der Waals surface area contributed by atoms with Gasteiger partial charge in [0.15, 0.2) is 0 Å². The van der Waals surface area contributed by atoms with Crippen molar-refractivity contribution >= 4 is 17.0 Å². The van der Waals surface area contributed by atoms with E-state index in [9.17, 15) is 0 Å².